The Balaban J connectivity index is 1.96. The van der Waals surface area contributed by atoms with Crippen LogP contribution in [0, 0.1) is 0 Å². The number of hydrogen-bond acceptors (Lipinski definition) is 2. The molecule has 0 aromatic heterocycles. The summed E-state index contributed by atoms with van der Waals surface area (Å²) < 4.78 is 1.02. The summed E-state index contributed by atoms with van der Waals surface area (Å²) >= 11 is 3.42. The van der Waals surface area contributed by atoms with E-state index in [4.69, 9.17) is 0 Å². The van der Waals surface area contributed by atoms with E-state index in [1.807, 2.05) is 36.4 Å². The van der Waals surface area contributed by atoms with Gasteiger partial charge in [0.2, 0.25) is 0 Å². The lowest BCUT2D eigenvalue weighted by atomic mass is 10.0. The van der Waals surface area contributed by atoms with Crippen LogP contribution in [0.1, 0.15) is 11.1 Å². The van der Waals surface area contributed by atoms with Gasteiger partial charge in [0.25, 0.3) is 0 Å². The summed E-state index contributed by atoms with van der Waals surface area (Å²) in [6, 6.07) is 14.9. The summed E-state index contributed by atoms with van der Waals surface area (Å²) in [5.74, 6) is 0.250. The van der Waals surface area contributed by atoms with Crippen molar-refractivity contribution in [2.24, 2.45) is 0 Å². The molecular weight excluding hydrogens is 292 g/mol. The van der Waals surface area contributed by atoms with Gasteiger partial charge < -0.3 is 10.2 Å². The van der Waals surface area contributed by atoms with E-state index >= 15 is 0 Å². The first-order valence-electron chi connectivity index (χ1n) is 5.84. The number of rotatable bonds is 4. The van der Waals surface area contributed by atoms with E-state index in [9.17, 15) is 10.2 Å². The number of aliphatic hydroxyl groups is 1. The summed E-state index contributed by atoms with van der Waals surface area (Å²) in [5, 5.41) is 19.2. The molecule has 2 aromatic carbocycles. The number of aliphatic hydroxyl groups excluding tert-OH is 1. The van der Waals surface area contributed by atoms with Crippen LogP contribution in [0.5, 0.6) is 5.75 Å². The quantitative estimate of drug-likeness (QED) is 0.910. The zero-order valence-electron chi connectivity index (χ0n) is 9.88. The van der Waals surface area contributed by atoms with E-state index in [0.29, 0.717) is 12.8 Å². The molecule has 0 spiro atoms. The van der Waals surface area contributed by atoms with Crippen molar-refractivity contribution in [2.75, 3.05) is 0 Å². The Morgan fingerprint density at radius 1 is 0.944 bits per heavy atom. The molecule has 18 heavy (non-hydrogen) atoms. The predicted octanol–water partition coefficient (Wildman–Crippen LogP) is 3.30. The van der Waals surface area contributed by atoms with Crippen molar-refractivity contribution in [2.45, 2.75) is 18.9 Å². The fourth-order valence-electron chi connectivity index (χ4n) is 1.91. The van der Waals surface area contributed by atoms with Crippen molar-refractivity contribution in [3.05, 3.63) is 64.1 Å². The minimum atomic E-state index is -0.413. The largest absolute Gasteiger partial charge is 0.508 e. The lowest BCUT2D eigenvalue weighted by Crippen LogP contribution is -2.13. The van der Waals surface area contributed by atoms with Gasteiger partial charge >= 0.3 is 0 Å². The maximum atomic E-state index is 10.0. The Kier molecular flexibility index (Phi) is 4.39. The van der Waals surface area contributed by atoms with Gasteiger partial charge in [0, 0.05) is 4.47 Å². The first-order chi connectivity index (χ1) is 8.63. The third kappa shape index (κ3) is 3.86. The van der Waals surface area contributed by atoms with E-state index in [1.54, 1.807) is 12.1 Å². The molecule has 1 unspecified atom stereocenters. The van der Waals surface area contributed by atoms with E-state index in [1.165, 1.54) is 0 Å². The Morgan fingerprint density at radius 3 is 2.28 bits per heavy atom. The van der Waals surface area contributed by atoms with Crippen LogP contribution >= 0.6 is 15.9 Å². The smallest absolute Gasteiger partial charge is 0.115 e. The number of aromatic hydroxyl groups is 1. The van der Waals surface area contributed by atoms with Crippen molar-refractivity contribution < 1.29 is 10.2 Å². The molecular formula is C15H15BrO2. The molecule has 94 valence electrons. The Hall–Kier alpha value is -1.32. The van der Waals surface area contributed by atoms with Crippen molar-refractivity contribution in [3.8, 4) is 5.75 Å². The molecule has 2 nitrogen and oxygen atoms in total. The van der Waals surface area contributed by atoms with Crippen LogP contribution in [-0.2, 0) is 12.8 Å². The molecule has 2 aromatic rings. The second-order valence-corrected chi connectivity index (χ2v) is 5.27. The zero-order valence-corrected chi connectivity index (χ0v) is 11.5. The number of benzene rings is 2. The van der Waals surface area contributed by atoms with Crippen molar-refractivity contribution in [1.29, 1.82) is 0 Å². The summed E-state index contributed by atoms with van der Waals surface area (Å²) in [5.41, 5.74) is 2.13. The van der Waals surface area contributed by atoms with Crippen LogP contribution in [0.4, 0.5) is 0 Å². The highest BCUT2D eigenvalue weighted by Gasteiger charge is 2.07. The molecule has 0 heterocycles. The van der Waals surface area contributed by atoms with Gasteiger partial charge in [-0.15, -0.1) is 0 Å². The molecule has 1 atom stereocenters. The van der Waals surface area contributed by atoms with E-state index in [-0.39, 0.29) is 5.75 Å². The van der Waals surface area contributed by atoms with Gasteiger partial charge in [-0.25, -0.2) is 0 Å². The molecule has 0 amide bonds. The lowest BCUT2D eigenvalue weighted by molar-refractivity contribution is 0.175. The molecule has 0 aliphatic rings. The predicted molar refractivity (Wildman–Crippen MR) is 75.7 cm³/mol. The van der Waals surface area contributed by atoms with Gasteiger partial charge in [0.1, 0.15) is 5.75 Å². The number of phenolic OH excluding ortho intramolecular Hbond substituents is 1. The lowest BCUT2D eigenvalue weighted by Gasteiger charge is -2.11. The average molecular weight is 307 g/mol. The van der Waals surface area contributed by atoms with E-state index < -0.39 is 6.10 Å². The topological polar surface area (TPSA) is 40.5 Å². The molecule has 3 heteroatoms. The van der Waals surface area contributed by atoms with Crippen molar-refractivity contribution >= 4 is 15.9 Å². The maximum absolute atomic E-state index is 10.0. The second-order valence-electron chi connectivity index (χ2n) is 4.36. The molecule has 0 aliphatic heterocycles. The third-order valence-corrected chi connectivity index (χ3v) is 3.26. The first kappa shape index (κ1) is 13.1. The molecule has 0 fully saturated rings. The fraction of sp³-hybridized carbons (Fsp3) is 0.200. The Morgan fingerprint density at radius 2 is 1.61 bits per heavy atom. The molecule has 2 rings (SSSR count). The van der Waals surface area contributed by atoms with E-state index in [2.05, 4.69) is 15.9 Å². The molecule has 0 saturated carbocycles. The standard InChI is InChI=1S/C15H15BrO2/c16-13-3-1-2-12(8-13)10-15(18)9-11-4-6-14(17)7-5-11/h1-8,15,17-18H,9-10H2. The average Bonchev–Trinajstić information content (AvgIpc) is 2.32. The van der Waals surface area contributed by atoms with E-state index in [0.717, 1.165) is 15.6 Å². The van der Waals surface area contributed by atoms with Crippen LogP contribution in [0.25, 0.3) is 0 Å². The van der Waals surface area contributed by atoms with Crippen LogP contribution in [0.15, 0.2) is 53.0 Å². The van der Waals surface area contributed by atoms with Crippen LogP contribution in [0.3, 0.4) is 0 Å². The minimum absolute atomic E-state index is 0.250. The number of hydrogen-bond donors (Lipinski definition) is 2. The first-order valence-corrected chi connectivity index (χ1v) is 6.63. The summed E-state index contributed by atoms with van der Waals surface area (Å²) in [6.45, 7) is 0. The van der Waals surface area contributed by atoms with Gasteiger partial charge in [-0.05, 0) is 48.2 Å². The van der Waals surface area contributed by atoms with Gasteiger partial charge in [0.05, 0.1) is 6.10 Å². The minimum Gasteiger partial charge on any atom is -0.508 e. The van der Waals surface area contributed by atoms with Crippen LogP contribution < -0.4 is 0 Å². The number of phenols is 1. The van der Waals surface area contributed by atoms with Gasteiger partial charge in [0.15, 0.2) is 0 Å². The summed E-state index contributed by atoms with van der Waals surface area (Å²) in [4.78, 5) is 0. The Labute approximate surface area is 115 Å². The van der Waals surface area contributed by atoms with Gasteiger partial charge in [-0.1, -0.05) is 40.2 Å². The van der Waals surface area contributed by atoms with Crippen LogP contribution in [0.2, 0.25) is 0 Å². The van der Waals surface area contributed by atoms with Crippen LogP contribution in [-0.4, -0.2) is 16.3 Å². The summed E-state index contributed by atoms with van der Waals surface area (Å²) in [7, 11) is 0. The maximum Gasteiger partial charge on any atom is 0.115 e. The molecule has 0 bridgehead atoms. The highest BCUT2D eigenvalue weighted by Crippen LogP contribution is 2.16. The van der Waals surface area contributed by atoms with Crippen molar-refractivity contribution in [1.82, 2.24) is 0 Å². The van der Waals surface area contributed by atoms with Gasteiger partial charge in [-0.3, -0.25) is 0 Å². The molecule has 0 saturated heterocycles. The molecule has 2 N–H and O–H groups in total. The summed E-state index contributed by atoms with van der Waals surface area (Å²) in [6.07, 6.45) is 0.802. The fourth-order valence-corrected chi connectivity index (χ4v) is 2.36. The highest BCUT2D eigenvalue weighted by molar-refractivity contribution is 9.10. The molecule has 0 radical (unpaired) electrons. The van der Waals surface area contributed by atoms with Gasteiger partial charge in [-0.2, -0.15) is 0 Å². The number of halogens is 1. The Bertz CT molecular complexity index is 508. The monoisotopic (exact) mass is 306 g/mol. The second kappa shape index (κ2) is 6.03. The highest BCUT2D eigenvalue weighted by atomic mass is 79.9. The van der Waals surface area contributed by atoms with Crippen molar-refractivity contribution in [3.63, 3.8) is 0 Å². The third-order valence-electron chi connectivity index (χ3n) is 2.77. The zero-order chi connectivity index (χ0) is 13.0. The SMILES string of the molecule is Oc1ccc(CC(O)Cc2cccc(Br)c2)cc1. The molecule has 0 aliphatic carbocycles. The normalized spacial score (nSPS) is 12.3.